The van der Waals surface area contributed by atoms with Crippen molar-refractivity contribution in [2.24, 2.45) is 0 Å². The summed E-state index contributed by atoms with van der Waals surface area (Å²) in [6.07, 6.45) is 1.32. The number of piperidine rings is 1. The van der Waals surface area contributed by atoms with E-state index < -0.39 is 5.41 Å². The molecule has 1 aliphatic rings. The molecule has 126 valence electrons. The van der Waals surface area contributed by atoms with Crippen LogP contribution in [0.3, 0.4) is 0 Å². The van der Waals surface area contributed by atoms with Crippen LogP contribution in [0.4, 0.5) is 4.39 Å². The molecule has 1 aliphatic heterocycles. The first kappa shape index (κ1) is 16.7. The molecular weight excluding hydrogens is 305 g/mol. The number of ether oxygens (including phenoxy) is 1. The summed E-state index contributed by atoms with van der Waals surface area (Å²) in [4.78, 5) is 12.9. The molecule has 4 heteroatoms. The second-order valence-electron chi connectivity index (χ2n) is 6.36. The first-order valence-corrected chi connectivity index (χ1v) is 8.30. The number of rotatable bonds is 4. The van der Waals surface area contributed by atoms with Gasteiger partial charge in [0.15, 0.2) is 0 Å². The van der Waals surface area contributed by atoms with Crippen LogP contribution in [0.1, 0.15) is 29.5 Å². The normalized spacial score (nSPS) is 16.6. The van der Waals surface area contributed by atoms with Crippen LogP contribution in [0.25, 0.3) is 0 Å². The number of aryl methyl sites for hydroxylation is 1. The van der Waals surface area contributed by atoms with Crippen LogP contribution in [-0.2, 0) is 21.6 Å². The van der Waals surface area contributed by atoms with Gasteiger partial charge in [-0.15, -0.1) is 0 Å². The highest BCUT2D eigenvalue weighted by molar-refractivity contribution is 5.83. The zero-order chi connectivity index (χ0) is 17.0. The van der Waals surface area contributed by atoms with E-state index in [2.05, 4.69) is 5.32 Å². The lowest BCUT2D eigenvalue weighted by Gasteiger charge is -2.36. The molecule has 0 bridgehead atoms. The van der Waals surface area contributed by atoms with Crippen molar-refractivity contribution in [1.82, 2.24) is 5.32 Å². The quantitative estimate of drug-likeness (QED) is 0.874. The molecule has 2 aromatic rings. The van der Waals surface area contributed by atoms with Gasteiger partial charge in [0.2, 0.25) is 0 Å². The maximum absolute atomic E-state index is 13.6. The fraction of sp³-hybridized carbons (Fsp3) is 0.350. The average Bonchev–Trinajstić information content (AvgIpc) is 2.63. The van der Waals surface area contributed by atoms with E-state index in [1.807, 2.05) is 30.3 Å². The van der Waals surface area contributed by atoms with Crippen molar-refractivity contribution >= 4 is 5.97 Å². The third-order valence-corrected chi connectivity index (χ3v) is 4.77. The Morgan fingerprint density at radius 1 is 1.17 bits per heavy atom. The predicted octanol–water partition coefficient (Wildman–Crippen LogP) is 3.50. The Morgan fingerprint density at radius 2 is 1.88 bits per heavy atom. The summed E-state index contributed by atoms with van der Waals surface area (Å²) in [5.41, 5.74) is 1.67. The molecule has 1 N–H and O–H groups in total. The molecule has 1 heterocycles. The summed E-state index contributed by atoms with van der Waals surface area (Å²) >= 11 is 0. The number of hydrogen-bond acceptors (Lipinski definition) is 3. The fourth-order valence-corrected chi connectivity index (χ4v) is 3.27. The third-order valence-electron chi connectivity index (χ3n) is 4.77. The monoisotopic (exact) mass is 327 g/mol. The second-order valence-corrected chi connectivity index (χ2v) is 6.36. The van der Waals surface area contributed by atoms with Crippen LogP contribution >= 0.6 is 0 Å². The van der Waals surface area contributed by atoms with Gasteiger partial charge in [-0.2, -0.15) is 0 Å². The van der Waals surface area contributed by atoms with Crippen LogP contribution in [0.15, 0.2) is 48.5 Å². The maximum Gasteiger partial charge on any atom is 0.316 e. The minimum atomic E-state index is -0.696. The molecule has 0 amide bonds. The maximum atomic E-state index is 13.6. The zero-order valence-corrected chi connectivity index (χ0v) is 13.8. The third kappa shape index (κ3) is 3.34. The predicted molar refractivity (Wildman–Crippen MR) is 91.2 cm³/mol. The number of halogens is 1. The van der Waals surface area contributed by atoms with E-state index in [0.717, 1.165) is 24.2 Å². The van der Waals surface area contributed by atoms with Gasteiger partial charge in [0.25, 0.3) is 0 Å². The van der Waals surface area contributed by atoms with E-state index in [9.17, 15) is 9.18 Å². The molecule has 3 rings (SSSR count). The van der Waals surface area contributed by atoms with Crippen molar-refractivity contribution in [3.63, 3.8) is 0 Å². The molecule has 1 fully saturated rings. The van der Waals surface area contributed by atoms with Crippen molar-refractivity contribution in [1.29, 1.82) is 0 Å². The van der Waals surface area contributed by atoms with Gasteiger partial charge in [0.1, 0.15) is 12.4 Å². The standard InChI is InChI=1S/C20H22FNO2/c1-15-13-17(7-8-18(15)21)20(9-11-22-12-10-20)19(23)24-14-16-5-3-2-4-6-16/h2-8,13,22H,9-12,14H2,1H3. The lowest BCUT2D eigenvalue weighted by atomic mass is 9.73. The summed E-state index contributed by atoms with van der Waals surface area (Å²) in [7, 11) is 0. The van der Waals surface area contributed by atoms with E-state index in [-0.39, 0.29) is 18.4 Å². The van der Waals surface area contributed by atoms with Crippen LogP contribution in [0.5, 0.6) is 0 Å². The van der Waals surface area contributed by atoms with E-state index in [1.165, 1.54) is 6.07 Å². The highest BCUT2D eigenvalue weighted by Gasteiger charge is 2.42. The molecule has 3 nitrogen and oxygen atoms in total. The van der Waals surface area contributed by atoms with Crippen molar-refractivity contribution in [2.45, 2.75) is 31.8 Å². The van der Waals surface area contributed by atoms with Gasteiger partial charge in [0.05, 0.1) is 5.41 Å². The Morgan fingerprint density at radius 3 is 2.54 bits per heavy atom. The lowest BCUT2D eigenvalue weighted by Crippen LogP contribution is -2.46. The lowest BCUT2D eigenvalue weighted by molar-refractivity contribution is -0.153. The van der Waals surface area contributed by atoms with Gasteiger partial charge in [-0.3, -0.25) is 4.79 Å². The molecular formula is C20H22FNO2. The van der Waals surface area contributed by atoms with E-state index in [1.54, 1.807) is 19.1 Å². The van der Waals surface area contributed by atoms with Gasteiger partial charge >= 0.3 is 5.97 Å². The Bertz CT molecular complexity index is 709. The van der Waals surface area contributed by atoms with Crippen molar-refractivity contribution in [3.05, 3.63) is 71.0 Å². The Hall–Kier alpha value is -2.20. The summed E-state index contributed by atoms with van der Waals surface area (Å²) in [6, 6.07) is 14.6. The molecule has 24 heavy (non-hydrogen) atoms. The van der Waals surface area contributed by atoms with Gasteiger partial charge < -0.3 is 10.1 Å². The smallest absolute Gasteiger partial charge is 0.316 e. The van der Waals surface area contributed by atoms with Crippen molar-refractivity contribution < 1.29 is 13.9 Å². The van der Waals surface area contributed by atoms with Crippen LogP contribution in [0.2, 0.25) is 0 Å². The molecule has 1 saturated heterocycles. The second kappa shape index (κ2) is 7.14. The molecule has 2 aromatic carbocycles. The summed E-state index contributed by atoms with van der Waals surface area (Å²) in [5, 5.41) is 3.28. The van der Waals surface area contributed by atoms with Crippen molar-refractivity contribution in [3.8, 4) is 0 Å². The Kier molecular flexibility index (Phi) is 4.95. The van der Waals surface area contributed by atoms with Crippen LogP contribution in [-0.4, -0.2) is 19.1 Å². The fourth-order valence-electron chi connectivity index (χ4n) is 3.27. The zero-order valence-electron chi connectivity index (χ0n) is 13.8. The number of nitrogens with one attached hydrogen (secondary N) is 1. The topological polar surface area (TPSA) is 38.3 Å². The van der Waals surface area contributed by atoms with E-state index >= 15 is 0 Å². The largest absolute Gasteiger partial charge is 0.460 e. The van der Waals surface area contributed by atoms with Gasteiger partial charge in [-0.25, -0.2) is 4.39 Å². The molecule has 0 aromatic heterocycles. The first-order valence-electron chi connectivity index (χ1n) is 8.30. The van der Waals surface area contributed by atoms with E-state index in [4.69, 9.17) is 4.74 Å². The minimum absolute atomic E-state index is 0.223. The highest BCUT2D eigenvalue weighted by Crippen LogP contribution is 2.36. The Labute approximate surface area is 141 Å². The summed E-state index contributed by atoms with van der Waals surface area (Å²) in [5.74, 6) is -0.473. The average molecular weight is 327 g/mol. The van der Waals surface area contributed by atoms with Gasteiger partial charge in [-0.05, 0) is 55.6 Å². The molecule has 0 atom stereocenters. The summed E-state index contributed by atoms with van der Waals surface area (Å²) in [6.45, 7) is 3.48. The van der Waals surface area contributed by atoms with Gasteiger partial charge in [0, 0.05) is 0 Å². The molecule has 0 aliphatic carbocycles. The number of esters is 1. The van der Waals surface area contributed by atoms with Crippen LogP contribution in [0, 0.1) is 12.7 Å². The SMILES string of the molecule is Cc1cc(C2(C(=O)OCc3ccccc3)CCNCC2)ccc1F. The van der Waals surface area contributed by atoms with E-state index in [0.29, 0.717) is 18.4 Å². The Balaban J connectivity index is 1.84. The summed E-state index contributed by atoms with van der Waals surface area (Å²) < 4.78 is 19.3. The minimum Gasteiger partial charge on any atom is -0.460 e. The van der Waals surface area contributed by atoms with Gasteiger partial charge in [-0.1, -0.05) is 42.5 Å². The number of benzene rings is 2. The number of carbonyl (C=O) groups excluding carboxylic acids is 1. The molecule has 0 unspecified atom stereocenters. The first-order chi connectivity index (χ1) is 11.6. The highest BCUT2D eigenvalue weighted by atomic mass is 19.1. The molecule has 0 saturated carbocycles. The number of hydrogen-bond donors (Lipinski definition) is 1. The van der Waals surface area contributed by atoms with Crippen molar-refractivity contribution in [2.75, 3.05) is 13.1 Å². The number of carbonyl (C=O) groups is 1. The molecule has 0 radical (unpaired) electrons. The molecule has 0 spiro atoms. The van der Waals surface area contributed by atoms with Crippen LogP contribution < -0.4 is 5.32 Å².